The van der Waals surface area contributed by atoms with Crippen LogP contribution in [0.15, 0.2) is 42.5 Å². The fourth-order valence-corrected chi connectivity index (χ4v) is 3.59. The van der Waals surface area contributed by atoms with Crippen LogP contribution in [0.4, 0.5) is 0 Å². The number of carbonyl (C=O) groups excluding carboxylic acids is 1. The Bertz CT molecular complexity index is 894. The summed E-state index contributed by atoms with van der Waals surface area (Å²) in [7, 11) is 0. The number of ketones is 1. The summed E-state index contributed by atoms with van der Waals surface area (Å²) in [5, 5.41) is 2.30. The number of benzene rings is 2. The van der Waals surface area contributed by atoms with E-state index in [2.05, 4.69) is 4.57 Å². The molecule has 1 aliphatic carbocycles. The average Bonchev–Trinajstić information content (AvgIpc) is 2.83. The van der Waals surface area contributed by atoms with Crippen molar-refractivity contribution in [1.82, 2.24) is 4.57 Å². The molecule has 0 fully saturated rings. The number of aromatic nitrogens is 1. The van der Waals surface area contributed by atoms with Gasteiger partial charge in [-0.2, -0.15) is 0 Å². The van der Waals surface area contributed by atoms with Crippen LogP contribution in [0.2, 0.25) is 10.0 Å². The van der Waals surface area contributed by atoms with Crippen molar-refractivity contribution in [2.45, 2.75) is 19.3 Å². The third kappa shape index (κ3) is 2.06. The first-order chi connectivity index (χ1) is 10.6. The second kappa shape index (κ2) is 5.15. The zero-order valence-corrected chi connectivity index (χ0v) is 13.3. The van der Waals surface area contributed by atoms with Gasteiger partial charge in [0, 0.05) is 38.8 Å². The molecule has 0 amide bonds. The number of fused-ring (bicyclic) bond motifs is 3. The zero-order valence-electron chi connectivity index (χ0n) is 11.8. The highest BCUT2D eigenvalue weighted by Gasteiger charge is 2.26. The predicted molar refractivity (Wildman–Crippen MR) is 90.6 cm³/mol. The molecule has 0 aliphatic heterocycles. The van der Waals surface area contributed by atoms with Crippen molar-refractivity contribution in [1.29, 1.82) is 0 Å². The Kier molecular flexibility index (Phi) is 3.24. The van der Waals surface area contributed by atoms with Crippen LogP contribution < -0.4 is 0 Å². The first-order valence-electron chi connectivity index (χ1n) is 7.27. The summed E-state index contributed by atoms with van der Waals surface area (Å²) in [5.41, 5.74) is 3.95. The van der Waals surface area contributed by atoms with E-state index in [4.69, 9.17) is 23.2 Å². The van der Waals surface area contributed by atoms with Gasteiger partial charge in [-0.3, -0.25) is 4.79 Å². The van der Waals surface area contributed by atoms with E-state index in [-0.39, 0.29) is 5.78 Å². The van der Waals surface area contributed by atoms with Gasteiger partial charge >= 0.3 is 0 Å². The minimum atomic E-state index is 0.209. The lowest BCUT2D eigenvalue weighted by atomic mass is 9.94. The average molecular weight is 330 g/mol. The van der Waals surface area contributed by atoms with Crippen molar-refractivity contribution in [2.24, 2.45) is 0 Å². The summed E-state index contributed by atoms with van der Waals surface area (Å²) >= 11 is 12.1. The number of halogens is 2. The van der Waals surface area contributed by atoms with E-state index in [9.17, 15) is 4.79 Å². The Morgan fingerprint density at radius 1 is 0.909 bits per heavy atom. The van der Waals surface area contributed by atoms with Gasteiger partial charge in [0.25, 0.3) is 0 Å². The Hall–Kier alpha value is -1.77. The second-order valence-corrected chi connectivity index (χ2v) is 6.44. The van der Waals surface area contributed by atoms with Crippen molar-refractivity contribution < 1.29 is 4.79 Å². The smallest absolute Gasteiger partial charge is 0.165 e. The van der Waals surface area contributed by atoms with Crippen LogP contribution in [0, 0.1) is 0 Å². The second-order valence-electron chi connectivity index (χ2n) is 5.57. The first kappa shape index (κ1) is 13.9. The van der Waals surface area contributed by atoms with E-state index in [1.165, 1.54) is 0 Å². The largest absolute Gasteiger partial charge is 0.313 e. The number of hydrogen-bond acceptors (Lipinski definition) is 1. The molecule has 0 atom stereocenters. The van der Waals surface area contributed by atoms with Crippen LogP contribution >= 0.6 is 23.2 Å². The van der Waals surface area contributed by atoms with E-state index >= 15 is 0 Å². The molecular weight excluding hydrogens is 317 g/mol. The third-order valence-electron chi connectivity index (χ3n) is 4.21. The topological polar surface area (TPSA) is 22.0 Å². The van der Waals surface area contributed by atoms with Gasteiger partial charge in [-0.05, 0) is 55.3 Å². The third-order valence-corrected chi connectivity index (χ3v) is 4.70. The molecule has 0 unspecified atom stereocenters. The molecular formula is C18H13Cl2NO. The van der Waals surface area contributed by atoms with Gasteiger partial charge in [0.15, 0.2) is 5.78 Å². The Morgan fingerprint density at radius 3 is 2.41 bits per heavy atom. The van der Waals surface area contributed by atoms with Crippen LogP contribution in [0.5, 0.6) is 0 Å². The number of carbonyl (C=O) groups is 1. The molecule has 0 spiro atoms. The van der Waals surface area contributed by atoms with Crippen molar-refractivity contribution in [2.75, 3.05) is 0 Å². The molecule has 2 aromatic carbocycles. The number of nitrogens with zero attached hydrogens (tertiary/aromatic N) is 1. The van der Waals surface area contributed by atoms with Gasteiger partial charge in [0.05, 0.1) is 5.52 Å². The van der Waals surface area contributed by atoms with Gasteiger partial charge in [-0.15, -0.1) is 0 Å². The number of Topliss-reactive ketones (excluding diaryl/α,β-unsaturated/α-hetero) is 1. The van der Waals surface area contributed by atoms with Gasteiger partial charge in [0.2, 0.25) is 0 Å². The summed E-state index contributed by atoms with van der Waals surface area (Å²) in [6, 6.07) is 13.5. The first-order valence-corrected chi connectivity index (χ1v) is 8.03. The molecule has 0 saturated heterocycles. The maximum atomic E-state index is 12.4. The molecule has 22 heavy (non-hydrogen) atoms. The van der Waals surface area contributed by atoms with Gasteiger partial charge in [-0.25, -0.2) is 0 Å². The number of hydrogen-bond donors (Lipinski definition) is 0. The minimum Gasteiger partial charge on any atom is -0.313 e. The molecule has 0 bridgehead atoms. The molecule has 1 aliphatic rings. The van der Waals surface area contributed by atoms with Crippen molar-refractivity contribution in [3.63, 3.8) is 0 Å². The van der Waals surface area contributed by atoms with E-state index in [1.54, 1.807) is 0 Å². The summed E-state index contributed by atoms with van der Waals surface area (Å²) < 4.78 is 2.16. The van der Waals surface area contributed by atoms with Crippen molar-refractivity contribution in [3.8, 4) is 5.69 Å². The zero-order chi connectivity index (χ0) is 15.3. The lowest BCUT2D eigenvalue weighted by molar-refractivity contribution is 0.0973. The lowest BCUT2D eigenvalue weighted by Crippen LogP contribution is -2.12. The molecule has 1 aromatic heterocycles. The summed E-state index contributed by atoms with van der Waals surface area (Å²) in [5.74, 6) is 0.209. The normalized spacial score (nSPS) is 14.4. The van der Waals surface area contributed by atoms with Crippen LogP contribution in [0.1, 0.15) is 28.9 Å². The van der Waals surface area contributed by atoms with Crippen LogP contribution in [-0.4, -0.2) is 10.4 Å². The SMILES string of the molecule is O=C1CCCc2c1c1cc(Cl)ccc1n2-c1ccc(Cl)cc1. The standard InChI is InChI=1S/C18H13Cl2NO/c19-11-4-7-13(8-5-11)21-15-9-6-12(20)10-14(15)18-16(21)2-1-3-17(18)22/h4-10H,1-3H2. The fraction of sp³-hybridized carbons (Fsp3) is 0.167. The van der Waals surface area contributed by atoms with E-state index in [0.717, 1.165) is 40.7 Å². The summed E-state index contributed by atoms with van der Waals surface area (Å²) in [4.78, 5) is 12.4. The molecule has 4 heteroatoms. The van der Waals surface area contributed by atoms with Crippen LogP contribution in [0.3, 0.4) is 0 Å². The van der Waals surface area contributed by atoms with E-state index < -0.39 is 0 Å². The highest BCUT2D eigenvalue weighted by molar-refractivity contribution is 6.31. The van der Waals surface area contributed by atoms with E-state index in [0.29, 0.717) is 16.5 Å². The van der Waals surface area contributed by atoms with Crippen molar-refractivity contribution >= 4 is 39.9 Å². The Morgan fingerprint density at radius 2 is 1.64 bits per heavy atom. The number of rotatable bonds is 1. The molecule has 3 aromatic rings. The molecule has 0 radical (unpaired) electrons. The Labute approximate surface area is 138 Å². The van der Waals surface area contributed by atoms with Gasteiger partial charge in [-0.1, -0.05) is 23.2 Å². The molecule has 110 valence electrons. The minimum absolute atomic E-state index is 0.209. The summed E-state index contributed by atoms with van der Waals surface area (Å²) in [6.07, 6.45) is 2.40. The molecule has 0 N–H and O–H groups in total. The maximum absolute atomic E-state index is 12.4. The summed E-state index contributed by atoms with van der Waals surface area (Å²) in [6.45, 7) is 0. The fourth-order valence-electron chi connectivity index (χ4n) is 3.29. The van der Waals surface area contributed by atoms with Gasteiger partial charge < -0.3 is 4.57 Å². The van der Waals surface area contributed by atoms with Crippen LogP contribution in [-0.2, 0) is 6.42 Å². The highest BCUT2D eigenvalue weighted by Crippen LogP contribution is 2.36. The molecule has 4 rings (SSSR count). The Balaban J connectivity index is 2.09. The molecule has 1 heterocycles. The van der Waals surface area contributed by atoms with Gasteiger partial charge in [0.1, 0.15) is 0 Å². The van der Waals surface area contributed by atoms with Crippen molar-refractivity contribution in [3.05, 3.63) is 63.8 Å². The maximum Gasteiger partial charge on any atom is 0.165 e. The monoisotopic (exact) mass is 329 g/mol. The molecule has 0 saturated carbocycles. The quantitative estimate of drug-likeness (QED) is 0.581. The predicted octanol–water partition coefficient (Wildman–Crippen LogP) is 5.46. The molecule has 2 nitrogen and oxygen atoms in total. The lowest BCUT2D eigenvalue weighted by Gasteiger charge is -2.15. The highest BCUT2D eigenvalue weighted by atomic mass is 35.5. The van der Waals surface area contributed by atoms with E-state index in [1.807, 2.05) is 42.5 Å². The van der Waals surface area contributed by atoms with Crippen LogP contribution in [0.25, 0.3) is 16.6 Å².